The van der Waals surface area contributed by atoms with E-state index in [-0.39, 0.29) is 0 Å². The van der Waals surface area contributed by atoms with Crippen LogP contribution >= 0.6 is 24.0 Å². The summed E-state index contributed by atoms with van der Waals surface area (Å²) in [5.74, 6) is 0.971. The van der Waals surface area contributed by atoms with Crippen LogP contribution in [0.5, 0.6) is 0 Å². The highest BCUT2D eigenvalue weighted by molar-refractivity contribution is 7.99. The number of fused-ring (bicyclic) bond motifs is 1. The van der Waals surface area contributed by atoms with E-state index in [2.05, 4.69) is 18.1 Å². The van der Waals surface area contributed by atoms with Crippen molar-refractivity contribution in [3.63, 3.8) is 0 Å². The van der Waals surface area contributed by atoms with E-state index in [1.807, 2.05) is 47.3 Å². The highest BCUT2D eigenvalue weighted by Crippen LogP contribution is 2.29. The Hall–Kier alpha value is -1.85. The Bertz CT molecular complexity index is 808. The Kier molecular flexibility index (Phi) is 3.94. The second-order valence-electron chi connectivity index (χ2n) is 4.56. The zero-order valence-electron chi connectivity index (χ0n) is 11.6. The fourth-order valence-electron chi connectivity index (χ4n) is 2.38. The van der Waals surface area contributed by atoms with Crippen LogP contribution in [0, 0.1) is 0 Å². The van der Waals surface area contributed by atoms with Crippen LogP contribution in [0.4, 0.5) is 0 Å². The first-order valence-corrected chi connectivity index (χ1v) is 8.10. The summed E-state index contributed by atoms with van der Waals surface area (Å²) in [6, 6.07) is 14.2. The normalized spacial score (nSPS) is 10.9. The molecular formula is C16H15N3S2. The summed E-state index contributed by atoms with van der Waals surface area (Å²) >= 11 is 7.01. The number of rotatable bonds is 4. The van der Waals surface area contributed by atoms with Crippen molar-refractivity contribution in [3.8, 4) is 5.69 Å². The Morgan fingerprint density at radius 3 is 2.81 bits per heavy atom. The monoisotopic (exact) mass is 313 g/mol. The highest BCUT2D eigenvalue weighted by Gasteiger charge is 2.15. The van der Waals surface area contributed by atoms with E-state index in [0.29, 0.717) is 4.99 Å². The van der Waals surface area contributed by atoms with Gasteiger partial charge in [0.2, 0.25) is 0 Å². The van der Waals surface area contributed by atoms with Gasteiger partial charge in [0.15, 0.2) is 0 Å². The first-order chi connectivity index (χ1) is 10.2. The quantitative estimate of drug-likeness (QED) is 0.588. The number of hydrogen-bond donors (Lipinski definition) is 1. The van der Waals surface area contributed by atoms with Gasteiger partial charge < -0.3 is 5.73 Å². The van der Waals surface area contributed by atoms with Gasteiger partial charge in [0.05, 0.1) is 17.4 Å². The molecule has 106 valence electrons. The minimum atomic E-state index is 0.404. The average molecular weight is 313 g/mol. The first kappa shape index (κ1) is 14.1. The Morgan fingerprint density at radius 2 is 2.05 bits per heavy atom. The SMILES string of the molecule is CCSc1cccc(-n2ncc3ccccc32)c1C(N)=S. The Labute approximate surface area is 133 Å². The van der Waals surface area contributed by atoms with E-state index in [0.717, 1.165) is 32.8 Å². The second-order valence-corrected chi connectivity index (χ2v) is 6.31. The molecule has 0 aliphatic rings. The van der Waals surface area contributed by atoms with Gasteiger partial charge in [-0.3, -0.25) is 0 Å². The summed E-state index contributed by atoms with van der Waals surface area (Å²) in [7, 11) is 0. The molecule has 0 radical (unpaired) electrons. The van der Waals surface area contributed by atoms with Crippen molar-refractivity contribution < 1.29 is 0 Å². The maximum Gasteiger partial charge on any atom is 0.107 e. The molecule has 2 aromatic carbocycles. The molecule has 3 aromatic rings. The van der Waals surface area contributed by atoms with Gasteiger partial charge in [-0.15, -0.1) is 11.8 Å². The third-order valence-electron chi connectivity index (χ3n) is 3.26. The van der Waals surface area contributed by atoms with E-state index in [4.69, 9.17) is 18.0 Å². The molecule has 0 aliphatic heterocycles. The number of nitrogens with zero attached hydrogens (tertiary/aromatic N) is 2. The third kappa shape index (κ3) is 2.54. The number of nitrogens with two attached hydrogens (primary N) is 1. The van der Waals surface area contributed by atoms with E-state index in [1.54, 1.807) is 11.8 Å². The molecule has 0 amide bonds. The molecule has 1 heterocycles. The van der Waals surface area contributed by atoms with Crippen LogP contribution in [-0.4, -0.2) is 20.5 Å². The lowest BCUT2D eigenvalue weighted by molar-refractivity contribution is 0.904. The van der Waals surface area contributed by atoms with Crippen molar-refractivity contribution in [2.45, 2.75) is 11.8 Å². The minimum absolute atomic E-state index is 0.404. The summed E-state index contributed by atoms with van der Waals surface area (Å²) in [5, 5.41) is 5.60. The standard InChI is InChI=1S/C16H15N3S2/c1-2-21-14-9-5-8-13(15(14)16(17)20)19-12-7-4-3-6-11(12)10-18-19/h3-10H,2H2,1H3,(H2,17,20). The summed E-state index contributed by atoms with van der Waals surface area (Å²) < 4.78 is 1.91. The third-order valence-corrected chi connectivity index (χ3v) is 4.40. The number of thiocarbonyl (C=S) groups is 1. The van der Waals surface area contributed by atoms with E-state index < -0.39 is 0 Å². The van der Waals surface area contributed by atoms with Gasteiger partial charge in [-0.25, -0.2) is 4.68 Å². The van der Waals surface area contributed by atoms with E-state index in [9.17, 15) is 0 Å². The largest absolute Gasteiger partial charge is 0.389 e. The lowest BCUT2D eigenvalue weighted by Crippen LogP contribution is -2.15. The van der Waals surface area contributed by atoms with Gasteiger partial charge >= 0.3 is 0 Å². The lowest BCUT2D eigenvalue weighted by Gasteiger charge is -2.13. The molecule has 0 unspecified atom stereocenters. The van der Waals surface area contributed by atoms with Crippen molar-refractivity contribution in [2.75, 3.05) is 5.75 Å². The smallest absolute Gasteiger partial charge is 0.107 e. The molecule has 2 N–H and O–H groups in total. The number of thioether (sulfide) groups is 1. The van der Waals surface area contributed by atoms with Gasteiger partial charge in [0.25, 0.3) is 0 Å². The molecule has 3 rings (SSSR count). The van der Waals surface area contributed by atoms with Gasteiger partial charge in [-0.2, -0.15) is 5.10 Å². The van der Waals surface area contributed by atoms with Gasteiger partial charge in [-0.05, 0) is 24.0 Å². The molecule has 0 saturated heterocycles. The zero-order valence-corrected chi connectivity index (χ0v) is 13.2. The number of aromatic nitrogens is 2. The Morgan fingerprint density at radius 1 is 1.24 bits per heavy atom. The number of para-hydroxylation sites is 1. The number of benzene rings is 2. The lowest BCUT2D eigenvalue weighted by atomic mass is 10.1. The summed E-state index contributed by atoms with van der Waals surface area (Å²) in [6.07, 6.45) is 1.86. The first-order valence-electron chi connectivity index (χ1n) is 6.71. The Balaban J connectivity index is 2.27. The number of hydrogen-bond acceptors (Lipinski definition) is 3. The van der Waals surface area contributed by atoms with Crippen LogP contribution in [0.15, 0.2) is 53.6 Å². The molecule has 21 heavy (non-hydrogen) atoms. The van der Waals surface area contributed by atoms with Crippen molar-refractivity contribution in [3.05, 3.63) is 54.2 Å². The fourth-order valence-corrected chi connectivity index (χ4v) is 3.51. The average Bonchev–Trinajstić information content (AvgIpc) is 2.91. The van der Waals surface area contributed by atoms with Crippen molar-refractivity contribution in [1.82, 2.24) is 9.78 Å². The molecule has 3 nitrogen and oxygen atoms in total. The van der Waals surface area contributed by atoms with Crippen LogP contribution in [-0.2, 0) is 0 Å². The second kappa shape index (κ2) is 5.87. The molecule has 0 bridgehead atoms. The maximum atomic E-state index is 5.97. The summed E-state index contributed by atoms with van der Waals surface area (Å²) in [5.41, 5.74) is 8.85. The molecular weight excluding hydrogens is 298 g/mol. The fraction of sp³-hybridized carbons (Fsp3) is 0.125. The van der Waals surface area contributed by atoms with Crippen molar-refractivity contribution in [1.29, 1.82) is 0 Å². The van der Waals surface area contributed by atoms with Crippen LogP contribution in [0.1, 0.15) is 12.5 Å². The predicted molar refractivity (Wildman–Crippen MR) is 93.4 cm³/mol. The van der Waals surface area contributed by atoms with E-state index >= 15 is 0 Å². The van der Waals surface area contributed by atoms with Crippen molar-refractivity contribution >= 4 is 39.9 Å². The minimum Gasteiger partial charge on any atom is -0.389 e. The van der Waals surface area contributed by atoms with Crippen molar-refractivity contribution in [2.24, 2.45) is 5.73 Å². The zero-order chi connectivity index (χ0) is 14.8. The topological polar surface area (TPSA) is 43.8 Å². The summed E-state index contributed by atoms with van der Waals surface area (Å²) in [6.45, 7) is 2.12. The molecule has 0 spiro atoms. The molecule has 0 aliphatic carbocycles. The highest BCUT2D eigenvalue weighted by atomic mass is 32.2. The predicted octanol–water partition coefficient (Wildman–Crippen LogP) is 3.77. The molecule has 0 atom stereocenters. The van der Waals surface area contributed by atoms with Crippen LogP contribution in [0.25, 0.3) is 16.6 Å². The van der Waals surface area contributed by atoms with Gasteiger partial charge in [-0.1, -0.05) is 43.4 Å². The van der Waals surface area contributed by atoms with E-state index in [1.165, 1.54) is 0 Å². The van der Waals surface area contributed by atoms with Gasteiger partial charge in [0.1, 0.15) is 4.99 Å². The molecule has 0 saturated carbocycles. The molecule has 0 fully saturated rings. The van der Waals surface area contributed by atoms with Crippen LogP contribution in [0.2, 0.25) is 0 Å². The maximum absolute atomic E-state index is 5.97. The van der Waals surface area contributed by atoms with Gasteiger partial charge in [0, 0.05) is 15.8 Å². The molecule has 5 heteroatoms. The van der Waals surface area contributed by atoms with Crippen LogP contribution < -0.4 is 5.73 Å². The summed E-state index contributed by atoms with van der Waals surface area (Å²) in [4.78, 5) is 1.50. The molecule has 1 aromatic heterocycles. The van der Waals surface area contributed by atoms with Crippen LogP contribution in [0.3, 0.4) is 0 Å².